The van der Waals surface area contributed by atoms with Crippen LogP contribution in [0.2, 0.25) is 5.02 Å². The molecule has 2 unspecified atom stereocenters. The zero-order valence-corrected chi connectivity index (χ0v) is 29.4. The fraction of sp³-hybridized carbons (Fsp3) is 0.333. The lowest BCUT2D eigenvalue weighted by molar-refractivity contribution is -0.144. The first-order chi connectivity index (χ1) is 24.8. The van der Waals surface area contributed by atoms with E-state index in [1.807, 2.05) is 30.3 Å². The molecule has 2 aliphatic rings. The number of alkyl halides is 3. The highest BCUT2D eigenvalue weighted by Gasteiger charge is 2.37. The van der Waals surface area contributed by atoms with Gasteiger partial charge in [-0.15, -0.1) is 0 Å². The Morgan fingerprint density at radius 2 is 1.71 bits per heavy atom. The number of rotatable bonds is 8. The summed E-state index contributed by atoms with van der Waals surface area (Å²) in [5, 5.41) is 9.60. The summed E-state index contributed by atoms with van der Waals surface area (Å²) >= 11 is 7.12. The lowest BCUT2D eigenvalue weighted by atomic mass is 9.96. The van der Waals surface area contributed by atoms with Crippen molar-refractivity contribution in [1.82, 2.24) is 34.7 Å². The first-order valence-corrected chi connectivity index (χ1v) is 17.0. The van der Waals surface area contributed by atoms with Crippen LogP contribution in [0.4, 0.5) is 24.7 Å². The second-order valence-corrected chi connectivity index (χ2v) is 13.3. The molecule has 3 aromatic heterocycles. The number of amides is 1. The first kappa shape index (κ1) is 35.1. The molecule has 16 heteroatoms. The molecule has 52 heavy (non-hydrogen) atoms. The highest BCUT2D eigenvalue weighted by atomic mass is 35.5. The Kier molecular flexibility index (Phi) is 9.03. The van der Waals surface area contributed by atoms with Gasteiger partial charge in [0, 0.05) is 61.5 Å². The number of carbonyl (C=O) groups is 1. The maximum absolute atomic E-state index is 13.9. The Labute approximate surface area is 300 Å². The van der Waals surface area contributed by atoms with Crippen molar-refractivity contribution in [3.63, 3.8) is 0 Å². The maximum atomic E-state index is 13.9. The highest BCUT2D eigenvalue weighted by molar-refractivity contribution is 6.36. The number of benzene rings is 2. The number of nitrogens with zero attached hydrogens (tertiary/aromatic N) is 5. The molecule has 2 atom stereocenters. The van der Waals surface area contributed by atoms with Crippen LogP contribution in [0.25, 0.3) is 33.4 Å². The maximum Gasteiger partial charge on any atom is 0.451 e. The quantitative estimate of drug-likeness (QED) is 0.192. The van der Waals surface area contributed by atoms with E-state index in [0.717, 1.165) is 39.5 Å². The van der Waals surface area contributed by atoms with E-state index in [9.17, 15) is 27.6 Å². The van der Waals surface area contributed by atoms with Crippen LogP contribution in [0, 0.1) is 6.92 Å². The van der Waals surface area contributed by atoms with Gasteiger partial charge in [0.05, 0.1) is 17.8 Å². The van der Waals surface area contributed by atoms with Crippen LogP contribution in [-0.2, 0) is 31.5 Å². The number of pyridine rings is 1. The SMILES string of the molecule is COc1nc(-c2cccc(-c3cccc(Nc4nc(C(F)(F)F)nc5c4c(=O)n(C)c(=O)n5C)c3C)c2Cl)cc2c1C(NCC1CCC(=O)N1)CC2. The average Bonchev–Trinajstić information content (AvgIpc) is 3.74. The van der Waals surface area contributed by atoms with Crippen LogP contribution < -0.4 is 31.9 Å². The number of carbonyl (C=O) groups excluding carboxylic acids is 1. The summed E-state index contributed by atoms with van der Waals surface area (Å²) in [6.07, 6.45) is -1.98. The molecule has 7 rings (SSSR count). The molecule has 12 nitrogen and oxygen atoms in total. The molecule has 4 heterocycles. The number of anilines is 2. The Bertz CT molecular complexity index is 2390. The number of nitrogens with one attached hydrogen (secondary N) is 3. The fourth-order valence-corrected chi connectivity index (χ4v) is 7.35. The Morgan fingerprint density at radius 3 is 2.42 bits per heavy atom. The van der Waals surface area contributed by atoms with Crippen LogP contribution in [0.3, 0.4) is 0 Å². The normalized spacial score (nSPS) is 17.0. The minimum atomic E-state index is -4.95. The molecule has 270 valence electrons. The van der Waals surface area contributed by atoms with Gasteiger partial charge in [-0.1, -0.05) is 41.9 Å². The monoisotopic (exact) mass is 734 g/mol. The number of fused-ring (bicyclic) bond motifs is 2. The van der Waals surface area contributed by atoms with Crippen molar-refractivity contribution in [2.24, 2.45) is 14.1 Å². The molecule has 0 saturated carbocycles. The van der Waals surface area contributed by atoms with E-state index < -0.39 is 34.7 Å². The Morgan fingerprint density at radius 1 is 0.981 bits per heavy atom. The molecular formula is C36H34ClF3N8O4. The van der Waals surface area contributed by atoms with Gasteiger partial charge >= 0.3 is 11.9 Å². The van der Waals surface area contributed by atoms with Crippen LogP contribution in [0.15, 0.2) is 52.1 Å². The summed E-state index contributed by atoms with van der Waals surface area (Å²) < 4.78 is 49.2. The van der Waals surface area contributed by atoms with Gasteiger partial charge in [-0.3, -0.25) is 18.7 Å². The highest BCUT2D eigenvalue weighted by Crippen LogP contribution is 2.43. The van der Waals surface area contributed by atoms with E-state index in [4.69, 9.17) is 21.3 Å². The van der Waals surface area contributed by atoms with Crippen LogP contribution in [-0.4, -0.2) is 49.7 Å². The second kappa shape index (κ2) is 13.4. The predicted molar refractivity (Wildman–Crippen MR) is 190 cm³/mol. The number of aromatic nitrogens is 5. The molecule has 5 aromatic rings. The minimum absolute atomic E-state index is 0.0213. The molecule has 0 radical (unpaired) electrons. The summed E-state index contributed by atoms with van der Waals surface area (Å²) in [5.41, 5.74) is 3.48. The van der Waals surface area contributed by atoms with Gasteiger partial charge in [-0.05, 0) is 55.0 Å². The first-order valence-electron chi connectivity index (χ1n) is 16.6. The molecule has 0 spiro atoms. The van der Waals surface area contributed by atoms with Gasteiger partial charge in [0.25, 0.3) is 5.56 Å². The summed E-state index contributed by atoms with van der Waals surface area (Å²) in [6, 6.07) is 12.8. The van der Waals surface area contributed by atoms with E-state index >= 15 is 0 Å². The van der Waals surface area contributed by atoms with Gasteiger partial charge in [0.1, 0.15) is 11.2 Å². The topological polar surface area (TPSA) is 145 Å². The third-order valence-electron chi connectivity index (χ3n) is 9.75. The van der Waals surface area contributed by atoms with Crippen molar-refractivity contribution in [1.29, 1.82) is 0 Å². The molecular weight excluding hydrogens is 701 g/mol. The Balaban J connectivity index is 1.25. The molecule has 1 aliphatic heterocycles. The van der Waals surface area contributed by atoms with Crippen molar-refractivity contribution in [3.8, 4) is 28.3 Å². The lowest BCUT2D eigenvalue weighted by Gasteiger charge is -2.20. The standard InChI is InChI=1S/C36H34ClF3N8O4/c1-17-20(7-6-10-23(17)43-30-28-31(46-34(45-30)36(38,39)40)47(2)35(51)48(3)33(28)50)21-8-5-9-22(29(21)37)25-15-18-11-13-24(27(18)32(44-25)52-4)41-16-19-12-14-26(49)42-19/h5-10,15,19,24,41H,11-14,16H2,1-4H3,(H,42,49)(H,43,45,46). The number of hydrogen-bond donors (Lipinski definition) is 3. The number of methoxy groups -OCH3 is 1. The molecule has 1 aliphatic carbocycles. The van der Waals surface area contributed by atoms with Gasteiger partial charge in [-0.2, -0.15) is 13.2 Å². The van der Waals surface area contributed by atoms with E-state index in [1.165, 1.54) is 14.1 Å². The molecule has 2 aromatic carbocycles. The number of ether oxygens (including phenoxy) is 1. The summed E-state index contributed by atoms with van der Waals surface area (Å²) in [7, 11) is 4.04. The van der Waals surface area contributed by atoms with E-state index in [-0.39, 0.29) is 23.4 Å². The largest absolute Gasteiger partial charge is 0.481 e. The van der Waals surface area contributed by atoms with Crippen molar-refractivity contribution in [3.05, 3.63) is 90.8 Å². The van der Waals surface area contributed by atoms with Gasteiger partial charge in [0.15, 0.2) is 5.65 Å². The third-order valence-corrected chi connectivity index (χ3v) is 10.2. The van der Waals surface area contributed by atoms with Crippen LogP contribution >= 0.6 is 11.6 Å². The van der Waals surface area contributed by atoms with E-state index in [2.05, 4.69) is 25.9 Å². The Hall–Kier alpha value is -5.28. The zero-order valence-electron chi connectivity index (χ0n) is 28.6. The fourth-order valence-electron chi connectivity index (χ4n) is 7.02. The van der Waals surface area contributed by atoms with Crippen LogP contribution in [0.5, 0.6) is 5.88 Å². The van der Waals surface area contributed by atoms with Gasteiger partial charge in [0.2, 0.25) is 17.6 Å². The summed E-state index contributed by atoms with van der Waals surface area (Å²) in [5.74, 6) is -1.35. The molecule has 0 bridgehead atoms. The summed E-state index contributed by atoms with van der Waals surface area (Å²) in [4.78, 5) is 49.5. The lowest BCUT2D eigenvalue weighted by Crippen LogP contribution is -2.38. The minimum Gasteiger partial charge on any atom is -0.481 e. The van der Waals surface area contributed by atoms with Crippen molar-refractivity contribution in [2.45, 2.75) is 50.9 Å². The smallest absolute Gasteiger partial charge is 0.451 e. The average molecular weight is 735 g/mol. The van der Waals surface area contributed by atoms with Gasteiger partial charge < -0.3 is 20.7 Å². The van der Waals surface area contributed by atoms with Crippen molar-refractivity contribution >= 4 is 40.0 Å². The number of halogens is 4. The van der Waals surface area contributed by atoms with Crippen molar-refractivity contribution < 1.29 is 22.7 Å². The molecule has 1 saturated heterocycles. The van der Waals surface area contributed by atoms with E-state index in [0.29, 0.717) is 57.5 Å². The third kappa shape index (κ3) is 6.17. The van der Waals surface area contributed by atoms with Crippen molar-refractivity contribution in [2.75, 3.05) is 19.0 Å². The van der Waals surface area contributed by atoms with E-state index in [1.54, 1.807) is 26.2 Å². The molecule has 1 fully saturated rings. The summed E-state index contributed by atoms with van der Waals surface area (Å²) in [6.45, 7) is 2.42. The molecule has 1 amide bonds. The van der Waals surface area contributed by atoms with Gasteiger partial charge in [-0.25, -0.2) is 19.7 Å². The zero-order chi connectivity index (χ0) is 37.1. The number of aryl methyl sites for hydroxylation is 2. The predicted octanol–water partition coefficient (Wildman–Crippen LogP) is 5.34. The second-order valence-electron chi connectivity index (χ2n) is 13.0. The number of hydrogen-bond acceptors (Lipinski definition) is 9. The molecule has 3 N–H and O–H groups in total. The van der Waals surface area contributed by atoms with Crippen LogP contribution in [0.1, 0.15) is 47.8 Å².